The quantitative estimate of drug-likeness (QED) is 0.309. The molecule has 1 rings (SSSR count). The van der Waals surface area contributed by atoms with Crippen molar-refractivity contribution in [3.8, 4) is 17.2 Å². The van der Waals surface area contributed by atoms with E-state index in [1.807, 2.05) is 0 Å². The summed E-state index contributed by atoms with van der Waals surface area (Å²) in [6, 6.07) is 2.08. The average molecular weight is 195 g/mol. The summed E-state index contributed by atoms with van der Waals surface area (Å²) in [4.78, 5) is 10.4. The number of hydrogen-bond donors (Lipinski definition) is 4. The van der Waals surface area contributed by atoms with Crippen molar-refractivity contribution in [1.29, 1.82) is 0 Å². The first-order valence-electron chi connectivity index (χ1n) is 3.73. The summed E-state index contributed by atoms with van der Waals surface area (Å²) in [5.41, 5.74) is 5.03. The lowest BCUT2D eigenvalue weighted by atomic mass is 10.1. The molecule has 0 fully saturated rings. The van der Waals surface area contributed by atoms with Gasteiger partial charge in [-0.25, -0.2) is 0 Å². The van der Waals surface area contributed by atoms with Crippen LogP contribution in [0.1, 0.15) is 5.56 Å². The zero-order chi connectivity index (χ0) is 10.7. The number of aromatic hydroxyl groups is 3. The number of carbonyl (C=O) groups is 1. The van der Waals surface area contributed by atoms with E-state index in [2.05, 4.69) is 0 Å². The molecule has 0 aliphatic rings. The summed E-state index contributed by atoms with van der Waals surface area (Å²) in [5, 5.41) is 27.3. The number of amides is 1. The Balaban J connectivity index is 3.10. The molecule has 0 unspecified atom stereocenters. The summed E-state index contributed by atoms with van der Waals surface area (Å²) in [5.74, 6) is -1.74. The van der Waals surface area contributed by atoms with E-state index in [9.17, 15) is 9.90 Å². The predicted octanol–water partition coefficient (Wildman–Crippen LogP) is 0.302. The van der Waals surface area contributed by atoms with Gasteiger partial charge in [-0.3, -0.25) is 4.79 Å². The Morgan fingerprint density at radius 2 is 1.71 bits per heavy atom. The second-order valence-electron chi connectivity index (χ2n) is 2.64. The first kappa shape index (κ1) is 9.91. The van der Waals surface area contributed by atoms with Crippen molar-refractivity contribution in [2.75, 3.05) is 0 Å². The minimum absolute atomic E-state index is 0.194. The van der Waals surface area contributed by atoms with Gasteiger partial charge in [0.25, 0.3) is 0 Å². The van der Waals surface area contributed by atoms with E-state index in [0.717, 1.165) is 18.2 Å². The molecule has 5 N–H and O–H groups in total. The topological polar surface area (TPSA) is 104 Å². The molecule has 0 saturated heterocycles. The number of rotatable bonds is 2. The monoisotopic (exact) mass is 195 g/mol. The molecule has 5 nitrogen and oxygen atoms in total. The molecule has 0 radical (unpaired) electrons. The Morgan fingerprint density at radius 3 is 2.29 bits per heavy atom. The van der Waals surface area contributed by atoms with E-state index in [4.69, 9.17) is 15.9 Å². The average Bonchev–Trinajstić information content (AvgIpc) is 2.09. The molecule has 0 bridgehead atoms. The van der Waals surface area contributed by atoms with Crippen molar-refractivity contribution in [1.82, 2.24) is 0 Å². The van der Waals surface area contributed by atoms with E-state index < -0.39 is 11.7 Å². The number of phenols is 3. The highest BCUT2D eigenvalue weighted by Crippen LogP contribution is 2.32. The summed E-state index contributed by atoms with van der Waals surface area (Å²) < 4.78 is 0. The molecule has 1 amide bonds. The van der Waals surface area contributed by atoms with Crippen molar-refractivity contribution in [3.05, 3.63) is 23.8 Å². The number of nitrogens with two attached hydrogens (primary N) is 1. The predicted molar refractivity (Wildman–Crippen MR) is 49.7 cm³/mol. The van der Waals surface area contributed by atoms with Crippen LogP contribution in [-0.2, 0) is 4.79 Å². The summed E-state index contributed by atoms with van der Waals surface area (Å²) in [6.45, 7) is 0. The second-order valence-corrected chi connectivity index (χ2v) is 2.64. The number of benzene rings is 1. The Kier molecular flexibility index (Phi) is 2.62. The Labute approximate surface area is 79.7 Å². The third-order valence-corrected chi connectivity index (χ3v) is 1.55. The largest absolute Gasteiger partial charge is 0.507 e. The molecule has 5 heteroatoms. The molecule has 0 aliphatic carbocycles. The van der Waals surface area contributed by atoms with Gasteiger partial charge in [-0.05, 0) is 12.1 Å². The van der Waals surface area contributed by atoms with Crippen molar-refractivity contribution >= 4 is 12.0 Å². The molecular formula is C9H9NO4. The molecule has 74 valence electrons. The van der Waals surface area contributed by atoms with Gasteiger partial charge in [0.1, 0.15) is 5.75 Å². The van der Waals surface area contributed by atoms with Crippen LogP contribution >= 0.6 is 0 Å². The first-order chi connectivity index (χ1) is 6.50. The van der Waals surface area contributed by atoms with Gasteiger partial charge in [0.15, 0.2) is 11.5 Å². The minimum Gasteiger partial charge on any atom is -0.507 e. The van der Waals surface area contributed by atoms with Crippen LogP contribution in [0, 0.1) is 0 Å². The van der Waals surface area contributed by atoms with Gasteiger partial charge in [0.05, 0.1) is 0 Å². The Morgan fingerprint density at radius 1 is 1.14 bits per heavy atom. The van der Waals surface area contributed by atoms with Gasteiger partial charge >= 0.3 is 0 Å². The highest BCUT2D eigenvalue weighted by atomic mass is 16.3. The smallest absolute Gasteiger partial charge is 0.241 e. The number of phenolic OH excluding ortho intramolecular Hbond substituents is 3. The number of primary amides is 1. The van der Waals surface area contributed by atoms with Gasteiger partial charge in [-0.1, -0.05) is 0 Å². The van der Waals surface area contributed by atoms with E-state index in [-0.39, 0.29) is 17.1 Å². The first-order valence-corrected chi connectivity index (χ1v) is 3.73. The standard InChI is InChI=1S/C9H9NO4/c10-9(14)2-1-5-3-7(12)8(13)4-6(5)11/h1-4,11-13H,(H2,10,14)/b2-1+. The zero-order valence-electron chi connectivity index (χ0n) is 7.14. The maximum Gasteiger partial charge on any atom is 0.241 e. The molecule has 0 atom stereocenters. The Hall–Kier alpha value is -2.17. The number of hydrogen-bond acceptors (Lipinski definition) is 4. The summed E-state index contributed by atoms with van der Waals surface area (Å²) >= 11 is 0. The maximum atomic E-state index is 10.4. The molecule has 1 aromatic rings. The van der Waals surface area contributed by atoms with Crippen LogP contribution in [0.25, 0.3) is 6.08 Å². The van der Waals surface area contributed by atoms with Gasteiger partial charge < -0.3 is 21.1 Å². The highest BCUT2D eigenvalue weighted by molar-refractivity contribution is 5.90. The fourth-order valence-electron chi connectivity index (χ4n) is 0.887. The van der Waals surface area contributed by atoms with Crippen molar-refractivity contribution in [3.63, 3.8) is 0 Å². The number of carbonyl (C=O) groups excluding carboxylic acids is 1. The van der Waals surface area contributed by atoms with E-state index in [0.29, 0.717) is 0 Å². The van der Waals surface area contributed by atoms with Crippen LogP contribution in [0.3, 0.4) is 0 Å². The van der Waals surface area contributed by atoms with Crippen LogP contribution in [0.2, 0.25) is 0 Å². The molecule has 0 heterocycles. The maximum absolute atomic E-state index is 10.4. The lowest BCUT2D eigenvalue weighted by Gasteiger charge is -2.01. The van der Waals surface area contributed by atoms with E-state index in [1.54, 1.807) is 0 Å². The van der Waals surface area contributed by atoms with Crippen LogP contribution in [0.5, 0.6) is 17.2 Å². The van der Waals surface area contributed by atoms with Crippen LogP contribution in [0.15, 0.2) is 18.2 Å². The Bertz CT molecular complexity index is 398. The van der Waals surface area contributed by atoms with Crippen molar-refractivity contribution < 1.29 is 20.1 Å². The molecule has 0 saturated carbocycles. The lowest BCUT2D eigenvalue weighted by Crippen LogP contribution is -2.05. The van der Waals surface area contributed by atoms with Crippen molar-refractivity contribution in [2.45, 2.75) is 0 Å². The minimum atomic E-state index is -0.669. The molecule has 0 aliphatic heterocycles. The highest BCUT2D eigenvalue weighted by Gasteiger charge is 2.04. The SMILES string of the molecule is NC(=O)/C=C/c1cc(O)c(O)cc1O. The summed E-state index contributed by atoms with van der Waals surface area (Å²) in [6.07, 6.45) is 2.27. The fraction of sp³-hybridized carbons (Fsp3) is 0. The zero-order valence-corrected chi connectivity index (χ0v) is 7.14. The molecule has 1 aromatic carbocycles. The van der Waals surface area contributed by atoms with Gasteiger partial charge in [0.2, 0.25) is 5.91 Å². The van der Waals surface area contributed by atoms with Crippen LogP contribution in [-0.4, -0.2) is 21.2 Å². The van der Waals surface area contributed by atoms with Crippen LogP contribution in [0.4, 0.5) is 0 Å². The van der Waals surface area contributed by atoms with Crippen molar-refractivity contribution in [2.24, 2.45) is 5.73 Å². The van der Waals surface area contributed by atoms with Crippen LogP contribution < -0.4 is 5.73 Å². The second kappa shape index (κ2) is 3.69. The van der Waals surface area contributed by atoms with Gasteiger partial charge in [-0.2, -0.15) is 0 Å². The van der Waals surface area contributed by atoms with E-state index in [1.165, 1.54) is 6.08 Å². The summed E-state index contributed by atoms with van der Waals surface area (Å²) in [7, 11) is 0. The third kappa shape index (κ3) is 2.16. The molecule has 0 aromatic heterocycles. The molecule has 14 heavy (non-hydrogen) atoms. The fourth-order valence-corrected chi connectivity index (χ4v) is 0.887. The van der Waals surface area contributed by atoms with Gasteiger partial charge in [-0.15, -0.1) is 0 Å². The van der Waals surface area contributed by atoms with E-state index >= 15 is 0 Å². The van der Waals surface area contributed by atoms with Gasteiger partial charge in [0, 0.05) is 17.7 Å². The lowest BCUT2D eigenvalue weighted by molar-refractivity contribution is -0.113. The normalized spacial score (nSPS) is 10.6. The molecular weight excluding hydrogens is 186 g/mol. The third-order valence-electron chi connectivity index (χ3n) is 1.55. The molecule has 0 spiro atoms.